The van der Waals surface area contributed by atoms with Gasteiger partial charge in [-0.15, -0.1) is 0 Å². The van der Waals surface area contributed by atoms with E-state index in [1.807, 2.05) is 0 Å². The Kier molecular flexibility index (Phi) is 34.0. The highest BCUT2D eigenvalue weighted by Gasteiger charge is 2.40. The van der Waals surface area contributed by atoms with E-state index in [2.05, 4.69) is 0 Å². The largest absolute Gasteiger partial charge is 0.478 e. The summed E-state index contributed by atoms with van der Waals surface area (Å²) in [7, 11) is 0. The third-order valence-electron chi connectivity index (χ3n) is 19.9. The Bertz CT molecular complexity index is 6400. The van der Waals surface area contributed by atoms with Crippen LogP contribution in [0.15, 0.2) is 146 Å². The second-order valence-corrected chi connectivity index (χ2v) is 28.9. The molecule has 0 aliphatic rings. The van der Waals surface area contributed by atoms with E-state index >= 15 is 19.2 Å². The standard InChI is InChI=1S/C89H68O48/c1-2-43(131-83(123)51-12-4-36(67(92)93)22-59(51)75(108)109)29-45(133-85(125)53-14-6-38(69(96)97)24-61(53)77(112)113)31-47(135-87(127)55-16-8-40(71(100)101)26-63(55)79(116)117)33-49(137-89(129)57-18-10-42(73(104)105)28-65(57)81(120)121)34-48(136-88(128)56-17-9-41(72(102)103)27-64(56)80(118)119)32-46(134-86(126)54-15-7-39(70(98)99)25-62(54)78(114)115)30-44(132-84(124)52-13-5-37(68(94)95)23-60(52)76(110)111)19-20-130-82(122)50-11-3-35(66(90)91)21-58(50)74(106)107/h3-18,21-28,43-49H,2,19-20,29-34H2,1H3,(H,90,91)(H,92,93)(H,94,95)(H,96,97)(H,98,99)(H,100,101)(H,102,103)(H,104,105)(H,106,107)(H,108,109)(H,110,111)(H,112,113)(H,114,115)(H,116,117)(H,118,119)(H,120,121). The zero-order valence-electron chi connectivity index (χ0n) is 69.5. The number of hydrogen-bond acceptors (Lipinski definition) is 32. The number of esters is 8. The van der Waals surface area contributed by atoms with Crippen LogP contribution in [-0.2, 0) is 37.9 Å². The molecule has 0 fully saturated rings. The van der Waals surface area contributed by atoms with Crippen molar-refractivity contribution >= 4 is 143 Å². The third kappa shape index (κ3) is 26.7. The first-order valence-corrected chi connectivity index (χ1v) is 38.9. The molecular formula is C89H68O48. The van der Waals surface area contributed by atoms with E-state index in [1.54, 1.807) is 0 Å². The average molecular weight is 1910 g/mol. The zero-order valence-corrected chi connectivity index (χ0v) is 69.5. The molecule has 0 saturated heterocycles. The Morgan fingerprint density at radius 3 is 0.474 bits per heavy atom. The maximum Gasteiger partial charge on any atom is 0.339 e. The van der Waals surface area contributed by atoms with Crippen LogP contribution in [0.4, 0.5) is 0 Å². The van der Waals surface area contributed by atoms with Crippen LogP contribution in [0.25, 0.3) is 0 Å². The maximum absolute atomic E-state index is 15.3. The molecule has 7 atom stereocenters. The van der Waals surface area contributed by atoms with Crippen molar-refractivity contribution in [2.75, 3.05) is 6.61 Å². The van der Waals surface area contributed by atoms with Crippen molar-refractivity contribution in [3.63, 3.8) is 0 Å². The van der Waals surface area contributed by atoms with Gasteiger partial charge in [0, 0.05) is 44.9 Å². The monoisotopic (exact) mass is 1900 g/mol. The second-order valence-electron chi connectivity index (χ2n) is 28.9. The molecule has 0 amide bonds. The fourth-order valence-electron chi connectivity index (χ4n) is 13.4. The minimum Gasteiger partial charge on any atom is -0.478 e. The molecule has 0 saturated carbocycles. The van der Waals surface area contributed by atoms with Crippen molar-refractivity contribution in [2.45, 2.75) is 101 Å². The minimum atomic E-state index is -2.66. The summed E-state index contributed by atoms with van der Waals surface area (Å²) in [4.78, 5) is 320. The number of carboxylic acids is 16. The van der Waals surface area contributed by atoms with Crippen molar-refractivity contribution < 1.29 is 235 Å². The number of aromatic carboxylic acids is 16. The Morgan fingerprint density at radius 2 is 0.321 bits per heavy atom. The molecule has 712 valence electrons. The van der Waals surface area contributed by atoms with Crippen LogP contribution >= 0.6 is 0 Å². The number of carbonyl (C=O) groups excluding carboxylic acids is 8. The van der Waals surface area contributed by atoms with Gasteiger partial charge in [-0.2, -0.15) is 0 Å². The molecule has 8 aromatic rings. The number of hydrogen-bond donors (Lipinski definition) is 16. The lowest BCUT2D eigenvalue weighted by Gasteiger charge is -2.32. The molecule has 0 radical (unpaired) electrons. The molecule has 0 bridgehead atoms. The predicted octanol–water partition coefficient (Wildman–Crippen LogP) is 8.73. The predicted molar refractivity (Wildman–Crippen MR) is 440 cm³/mol. The van der Waals surface area contributed by atoms with Crippen LogP contribution in [0.1, 0.15) is 307 Å². The number of benzene rings is 8. The van der Waals surface area contributed by atoms with Crippen molar-refractivity contribution in [3.05, 3.63) is 279 Å². The van der Waals surface area contributed by atoms with Gasteiger partial charge in [0.2, 0.25) is 0 Å². The molecule has 0 aliphatic heterocycles. The molecule has 0 aromatic heterocycles. The second kappa shape index (κ2) is 45.0. The van der Waals surface area contributed by atoms with Gasteiger partial charge >= 0.3 is 143 Å². The first kappa shape index (κ1) is 103. The number of ether oxygens (including phenoxy) is 8. The van der Waals surface area contributed by atoms with E-state index in [0.29, 0.717) is 133 Å². The Labute approximate surface area is 761 Å². The van der Waals surface area contributed by atoms with E-state index in [9.17, 15) is 178 Å². The summed E-state index contributed by atoms with van der Waals surface area (Å²) in [5, 5.41) is 162. The summed E-state index contributed by atoms with van der Waals surface area (Å²) in [5.41, 5.74) is -24.3. The van der Waals surface area contributed by atoms with E-state index in [4.69, 9.17) is 37.9 Å². The molecule has 48 heteroatoms. The van der Waals surface area contributed by atoms with Gasteiger partial charge < -0.3 is 120 Å². The highest BCUT2D eigenvalue weighted by atomic mass is 16.6. The molecule has 16 N–H and O–H groups in total. The van der Waals surface area contributed by atoms with Crippen molar-refractivity contribution in [3.8, 4) is 0 Å². The topological polar surface area (TPSA) is 807 Å². The fourth-order valence-corrected chi connectivity index (χ4v) is 13.4. The van der Waals surface area contributed by atoms with E-state index < -0.39 is 377 Å². The van der Waals surface area contributed by atoms with Crippen LogP contribution in [0.3, 0.4) is 0 Å². The van der Waals surface area contributed by atoms with E-state index in [0.717, 1.165) is 12.1 Å². The van der Waals surface area contributed by atoms with Crippen LogP contribution in [0.2, 0.25) is 0 Å². The van der Waals surface area contributed by atoms with Gasteiger partial charge in [0.05, 0.1) is 140 Å². The quantitative estimate of drug-likeness (QED) is 0.0125. The Morgan fingerprint density at radius 1 is 0.182 bits per heavy atom. The molecule has 8 aromatic carbocycles. The van der Waals surface area contributed by atoms with Gasteiger partial charge in [-0.05, 0) is 152 Å². The van der Waals surface area contributed by atoms with Crippen molar-refractivity contribution in [1.82, 2.24) is 0 Å². The van der Waals surface area contributed by atoms with Gasteiger partial charge in [0.15, 0.2) is 0 Å². The van der Waals surface area contributed by atoms with Crippen LogP contribution in [0.5, 0.6) is 0 Å². The fraction of sp³-hybridized carbons (Fsp3) is 0.191. The van der Waals surface area contributed by atoms with E-state index in [1.165, 1.54) is 6.92 Å². The van der Waals surface area contributed by atoms with Crippen molar-refractivity contribution in [1.29, 1.82) is 0 Å². The maximum atomic E-state index is 15.3. The molecular weight excluding hydrogens is 1840 g/mol. The molecule has 8 rings (SSSR count). The number of carboxylic acid groups (broad SMARTS) is 16. The first-order valence-electron chi connectivity index (χ1n) is 38.9. The van der Waals surface area contributed by atoms with Gasteiger partial charge in [-0.1, -0.05) is 6.92 Å². The van der Waals surface area contributed by atoms with Gasteiger partial charge in [-0.25, -0.2) is 115 Å². The summed E-state index contributed by atoms with van der Waals surface area (Å²) in [5.74, 6) is -45.7. The smallest absolute Gasteiger partial charge is 0.339 e. The lowest BCUT2D eigenvalue weighted by atomic mass is 9.94. The van der Waals surface area contributed by atoms with Gasteiger partial charge in [0.25, 0.3) is 0 Å². The van der Waals surface area contributed by atoms with E-state index in [-0.39, 0.29) is 0 Å². The van der Waals surface area contributed by atoms with Crippen LogP contribution in [-0.4, -0.2) is 274 Å². The number of rotatable bonds is 47. The van der Waals surface area contributed by atoms with Crippen molar-refractivity contribution in [2.24, 2.45) is 0 Å². The number of carbonyl (C=O) groups is 24. The highest BCUT2D eigenvalue weighted by Crippen LogP contribution is 2.33. The Balaban J connectivity index is 1.45. The lowest BCUT2D eigenvalue weighted by Crippen LogP contribution is -2.38. The van der Waals surface area contributed by atoms with Gasteiger partial charge in [0.1, 0.15) is 42.7 Å². The van der Waals surface area contributed by atoms with Crippen LogP contribution < -0.4 is 0 Å². The normalized spacial score (nSPS) is 12.3. The molecule has 7 unspecified atom stereocenters. The molecule has 0 aliphatic carbocycles. The summed E-state index contributed by atoms with van der Waals surface area (Å²) in [6.45, 7) is 0.00846. The zero-order chi connectivity index (χ0) is 102. The minimum absolute atomic E-state index is 0.373. The molecule has 0 heterocycles. The molecule has 48 nitrogen and oxygen atoms in total. The Hall–Kier alpha value is -19.0. The summed E-state index contributed by atoms with van der Waals surface area (Å²) in [6.07, 6.45) is -27.0. The third-order valence-corrected chi connectivity index (χ3v) is 19.9. The summed E-state index contributed by atoms with van der Waals surface area (Å²) in [6, 6.07) is 13.3. The summed E-state index contributed by atoms with van der Waals surface area (Å²) >= 11 is 0. The average Bonchev–Trinajstić information content (AvgIpc) is 0.820. The lowest BCUT2D eigenvalue weighted by molar-refractivity contribution is -0.0460. The SMILES string of the molecule is CCC(CC(CC(CC(CC(CC(CC(CCOC(=O)c1ccc(C(=O)O)cc1C(=O)O)OC(=O)c1ccc(C(=O)O)cc1C(=O)O)OC(=O)c1ccc(C(=O)O)cc1C(=O)O)OC(=O)c1ccc(C(=O)O)cc1C(=O)O)OC(=O)c1ccc(C(=O)O)cc1C(=O)O)OC(=O)c1ccc(C(=O)O)cc1C(=O)O)OC(=O)c1ccc(C(=O)O)cc1C(=O)O)OC(=O)c1ccc(C(=O)O)cc1C(=O)O. The highest BCUT2D eigenvalue weighted by molar-refractivity contribution is 6.11. The van der Waals surface area contributed by atoms with Crippen LogP contribution in [0, 0.1) is 0 Å². The summed E-state index contributed by atoms with van der Waals surface area (Å²) < 4.78 is 46.7. The molecule has 0 spiro atoms. The first-order chi connectivity index (χ1) is 64.4. The molecule has 137 heavy (non-hydrogen) atoms. The van der Waals surface area contributed by atoms with Gasteiger partial charge in [-0.3, -0.25) is 0 Å².